The molecule has 0 unspecified atom stereocenters. The summed E-state index contributed by atoms with van der Waals surface area (Å²) in [5.74, 6) is 0.868. The molecule has 0 atom stereocenters. The van der Waals surface area contributed by atoms with Gasteiger partial charge in [-0.05, 0) is 35.0 Å². The van der Waals surface area contributed by atoms with Crippen LogP contribution < -0.4 is 5.32 Å². The lowest BCUT2D eigenvalue weighted by atomic mass is 10.3. The van der Waals surface area contributed by atoms with Gasteiger partial charge in [0.15, 0.2) is 0 Å². The first-order valence-electron chi connectivity index (χ1n) is 4.68. The highest BCUT2D eigenvalue weighted by Gasteiger charge is 2.03. The molecule has 0 bridgehead atoms. The fourth-order valence-corrected chi connectivity index (χ4v) is 1.77. The van der Waals surface area contributed by atoms with Crippen molar-refractivity contribution in [2.24, 2.45) is 0 Å². The highest BCUT2D eigenvalue weighted by molar-refractivity contribution is 9.10. The van der Waals surface area contributed by atoms with Crippen molar-refractivity contribution in [1.29, 1.82) is 0 Å². The van der Waals surface area contributed by atoms with Crippen LogP contribution in [0.25, 0.3) is 0 Å². The minimum atomic E-state index is -0.310. The summed E-state index contributed by atoms with van der Waals surface area (Å²) in [5.41, 5.74) is 0.396. The molecular weight excluding hydrogens is 273 g/mol. The number of para-hydroxylation sites is 1. The summed E-state index contributed by atoms with van der Waals surface area (Å²) in [6.07, 6.45) is 0. The maximum Gasteiger partial charge on any atom is 0.146 e. The smallest absolute Gasteiger partial charge is 0.146 e. The van der Waals surface area contributed by atoms with Crippen LogP contribution in [0.4, 0.5) is 15.9 Å². The lowest BCUT2D eigenvalue weighted by Crippen LogP contribution is -1.98. The maximum absolute atomic E-state index is 13.4. The van der Waals surface area contributed by atoms with Gasteiger partial charge in [0.25, 0.3) is 0 Å². The zero-order valence-corrected chi connectivity index (χ0v) is 10.1. The summed E-state index contributed by atoms with van der Waals surface area (Å²) in [5, 5.41) is 2.90. The molecule has 2 rings (SSSR count). The van der Waals surface area contributed by atoms with Gasteiger partial charge >= 0.3 is 0 Å². The van der Waals surface area contributed by atoms with Gasteiger partial charge in [-0.25, -0.2) is 14.4 Å². The van der Waals surface area contributed by atoms with E-state index in [1.165, 1.54) is 6.07 Å². The molecule has 1 N–H and O–H groups in total. The minimum Gasteiger partial charge on any atom is -0.338 e. The molecule has 1 heterocycles. The number of aryl methyl sites for hydroxylation is 1. The van der Waals surface area contributed by atoms with Crippen LogP contribution in [0, 0.1) is 12.7 Å². The van der Waals surface area contributed by atoms with Crippen molar-refractivity contribution in [2.75, 3.05) is 5.32 Å². The fraction of sp³-hybridized carbons (Fsp3) is 0.0909. The van der Waals surface area contributed by atoms with E-state index in [4.69, 9.17) is 0 Å². The average molecular weight is 282 g/mol. The topological polar surface area (TPSA) is 37.8 Å². The Labute approximate surface area is 101 Å². The molecule has 5 heteroatoms. The zero-order valence-electron chi connectivity index (χ0n) is 8.54. The molecule has 0 saturated carbocycles. The largest absolute Gasteiger partial charge is 0.338 e. The summed E-state index contributed by atoms with van der Waals surface area (Å²) in [7, 11) is 0. The second-order valence-electron chi connectivity index (χ2n) is 3.23. The Bertz CT molecular complexity index is 496. The van der Waals surface area contributed by atoms with Crippen LogP contribution in [-0.2, 0) is 0 Å². The Balaban J connectivity index is 2.30. The van der Waals surface area contributed by atoms with Crippen LogP contribution in [0.1, 0.15) is 5.82 Å². The summed E-state index contributed by atoms with van der Waals surface area (Å²) in [4.78, 5) is 8.22. The Kier molecular flexibility index (Phi) is 3.14. The summed E-state index contributed by atoms with van der Waals surface area (Å²) < 4.78 is 14.0. The van der Waals surface area contributed by atoms with E-state index in [9.17, 15) is 4.39 Å². The van der Waals surface area contributed by atoms with Crippen LogP contribution in [0.15, 0.2) is 34.9 Å². The molecule has 1 aromatic carbocycles. The number of benzene rings is 1. The quantitative estimate of drug-likeness (QED) is 0.857. The van der Waals surface area contributed by atoms with E-state index < -0.39 is 0 Å². The van der Waals surface area contributed by atoms with Crippen molar-refractivity contribution in [3.05, 3.63) is 46.6 Å². The third-order valence-corrected chi connectivity index (χ3v) is 2.35. The molecule has 0 aliphatic rings. The second-order valence-corrected chi connectivity index (χ2v) is 4.04. The van der Waals surface area contributed by atoms with Gasteiger partial charge in [-0.3, -0.25) is 0 Å². The van der Waals surface area contributed by atoms with E-state index in [0.717, 1.165) is 0 Å². The predicted molar refractivity (Wildman–Crippen MR) is 64.2 cm³/mol. The standard InChI is InChI=1S/C11H9BrFN3/c1-7-14-10(12)6-11(15-7)16-9-5-3-2-4-8(9)13/h2-6H,1H3,(H,14,15,16). The molecule has 0 radical (unpaired) electrons. The van der Waals surface area contributed by atoms with Gasteiger partial charge in [-0.15, -0.1) is 0 Å². The number of hydrogen-bond acceptors (Lipinski definition) is 3. The lowest BCUT2D eigenvalue weighted by molar-refractivity contribution is 0.632. The third-order valence-electron chi connectivity index (χ3n) is 1.94. The first-order valence-corrected chi connectivity index (χ1v) is 5.47. The van der Waals surface area contributed by atoms with Crippen molar-refractivity contribution in [2.45, 2.75) is 6.92 Å². The number of anilines is 2. The van der Waals surface area contributed by atoms with Crippen LogP contribution in [0.5, 0.6) is 0 Å². The molecule has 0 fully saturated rings. The molecule has 0 aliphatic heterocycles. The van der Waals surface area contributed by atoms with Gasteiger partial charge in [0, 0.05) is 6.07 Å². The first-order chi connectivity index (χ1) is 7.65. The Morgan fingerprint density at radius 3 is 2.69 bits per heavy atom. The van der Waals surface area contributed by atoms with Crippen molar-refractivity contribution < 1.29 is 4.39 Å². The molecule has 16 heavy (non-hydrogen) atoms. The van der Waals surface area contributed by atoms with Gasteiger partial charge in [0.05, 0.1) is 5.69 Å². The van der Waals surface area contributed by atoms with E-state index in [1.54, 1.807) is 31.2 Å². The van der Waals surface area contributed by atoms with Gasteiger partial charge in [0.1, 0.15) is 22.1 Å². The number of hydrogen-bond donors (Lipinski definition) is 1. The number of nitrogens with one attached hydrogen (secondary N) is 1. The van der Waals surface area contributed by atoms with E-state index in [1.807, 2.05) is 0 Å². The predicted octanol–water partition coefficient (Wildman–Crippen LogP) is 3.43. The van der Waals surface area contributed by atoms with Crippen molar-refractivity contribution in [1.82, 2.24) is 9.97 Å². The van der Waals surface area contributed by atoms with Gasteiger partial charge < -0.3 is 5.32 Å². The number of rotatable bonds is 2. The Hall–Kier alpha value is -1.49. The number of aromatic nitrogens is 2. The highest BCUT2D eigenvalue weighted by atomic mass is 79.9. The molecule has 0 spiro atoms. The molecule has 0 aliphatic carbocycles. The first kappa shape index (κ1) is 11.0. The summed E-state index contributed by atoms with van der Waals surface area (Å²) in [6.45, 7) is 1.78. The second kappa shape index (κ2) is 4.57. The van der Waals surface area contributed by atoms with Crippen LogP contribution >= 0.6 is 15.9 Å². The SMILES string of the molecule is Cc1nc(Br)cc(Nc2ccccc2F)n1. The Morgan fingerprint density at radius 1 is 1.25 bits per heavy atom. The van der Waals surface area contributed by atoms with Gasteiger partial charge in [-0.1, -0.05) is 12.1 Å². The molecule has 2 aromatic rings. The summed E-state index contributed by atoms with van der Waals surface area (Å²) in [6, 6.07) is 8.14. The van der Waals surface area contributed by atoms with Crippen LogP contribution in [-0.4, -0.2) is 9.97 Å². The van der Waals surface area contributed by atoms with E-state index in [0.29, 0.717) is 21.9 Å². The normalized spacial score (nSPS) is 10.2. The summed E-state index contributed by atoms with van der Waals surface area (Å²) >= 11 is 3.26. The zero-order chi connectivity index (χ0) is 11.5. The fourth-order valence-electron chi connectivity index (χ4n) is 1.30. The monoisotopic (exact) mass is 281 g/mol. The highest BCUT2D eigenvalue weighted by Crippen LogP contribution is 2.19. The van der Waals surface area contributed by atoms with E-state index in [2.05, 4.69) is 31.2 Å². The molecule has 1 aromatic heterocycles. The van der Waals surface area contributed by atoms with E-state index in [-0.39, 0.29) is 5.82 Å². The third kappa shape index (κ3) is 2.55. The molecule has 3 nitrogen and oxygen atoms in total. The molecular formula is C11H9BrFN3. The molecule has 0 amide bonds. The van der Waals surface area contributed by atoms with Crippen molar-refractivity contribution in [3.63, 3.8) is 0 Å². The van der Waals surface area contributed by atoms with E-state index >= 15 is 0 Å². The lowest BCUT2D eigenvalue weighted by Gasteiger charge is -2.07. The maximum atomic E-state index is 13.4. The number of halogens is 2. The van der Waals surface area contributed by atoms with Gasteiger partial charge in [0.2, 0.25) is 0 Å². The molecule has 0 saturated heterocycles. The van der Waals surface area contributed by atoms with Gasteiger partial charge in [-0.2, -0.15) is 0 Å². The Morgan fingerprint density at radius 2 is 2.00 bits per heavy atom. The van der Waals surface area contributed by atoms with Crippen LogP contribution in [0.3, 0.4) is 0 Å². The average Bonchev–Trinajstić information content (AvgIpc) is 2.20. The van der Waals surface area contributed by atoms with Crippen molar-refractivity contribution >= 4 is 27.4 Å². The minimum absolute atomic E-state index is 0.310. The molecule has 82 valence electrons. The van der Waals surface area contributed by atoms with Crippen molar-refractivity contribution in [3.8, 4) is 0 Å². The van der Waals surface area contributed by atoms with Crippen LogP contribution in [0.2, 0.25) is 0 Å². The number of nitrogens with zero attached hydrogens (tertiary/aromatic N) is 2.